The molecule has 1 unspecified atom stereocenters. The first-order valence-corrected chi connectivity index (χ1v) is 7.78. The molecule has 0 heterocycles. The van der Waals surface area contributed by atoms with E-state index in [-0.39, 0.29) is 12.5 Å². The lowest BCUT2D eigenvalue weighted by molar-refractivity contribution is -0.139. The van der Waals surface area contributed by atoms with Crippen LogP contribution < -0.4 is 10.1 Å². The van der Waals surface area contributed by atoms with Gasteiger partial charge in [-0.3, -0.25) is 14.5 Å². The van der Waals surface area contributed by atoms with E-state index in [4.69, 9.17) is 21.4 Å². The molecule has 1 aromatic carbocycles. The van der Waals surface area contributed by atoms with Gasteiger partial charge in [-0.15, -0.1) is 0 Å². The highest BCUT2D eigenvalue weighted by Crippen LogP contribution is 2.31. The van der Waals surface area contributed by atoms with E-state index in [2.05, 4.69) is 5.32 Å². The third-order valence-electron chi connectivity index (χ3n) is 3.51. The van der Waals surface area contributed by atoms with Gasteiger partial charge in [-0.25, -0.2) is 0 Å². The Balaban J connectivity index is 2.92. The van der Waals surface area contributed by atoms with Crippen molar-refractivity contribution in [3.8, 4) is 5.75 Å². The van der Waals surface area contributed by atoms with Gasteiger partial charge in [-0.1, -0.05) is 18.5 Å². The van der Waals surface area contributed by atoms with Crippen LogP contribution in [0.15, 0.2) is 12.1 Å². The number of carboxylic acids is 1. The minimum atomic E-state index is -0.960. The lowest BCUT2D eigenvalue weighted by Crippen LogP contribution is -2.45. The molecule has 1 amide bonds. The third kappa shape index (κ3) is 5.41. The van der Waals surface area contributed by atoms with Gasteiger partial charge >= 0.3 is 5.97 Å². The van der Waals surface area contributed by atoms with E-state index in [1.54, 1.807) is 24.0 Å². The van der Waals surface area contributed by atoms with Crippen molar-refractivity contribution in [1.29, 1.82) is 0 Å². The second-order valence-corrected chi connectivity index (χ2v) is 5.74. The fourth-order valence-corrected chi connectivity index (χ4v) is 2.36. The Morgan fingerprint density at radius 2 is 2.09 bits per heavy atom. The molecule has 0 aliphatic carbocycles. The molecule has 7 heteroatoms. The van der Waals surface area contributed by atoms with Crippen LogP contribution in [0.4, 0.5) is 5.69 Å². The van der Waals surface area contributed by atoms with Gasteiger partial charge in [0.25, 0.3) is 0 Å². The van der Waals surface area contributed by atoms with Gasteiger partial charge in [-0.05, 0) is 38.4 Å². The quantitative estimate of drug-likeness (QED) is 0.759. The summed E-state index contributed by atoms with van der Waals surface area (Å²) >= 11 is 6.05. The van der Waals surface area contributed by atoms with Crippen molar-refractivity contribution in [2.24, 2.45) is 0 Å². The predicted octanol–water partition coefficient (Wildman–Crippen LogP) is 2.78. The van der Waals surface area contributed by atoms with Gasteiger partial charge in [0, 0.05) is 11.1 Å². The zero-order valence-corrected chi connectivity index (χ0v) is 14.6. The number of nitrogens with zero attached hydrogens (tertiary/aromatic N) is 1. The molecule has 2 N–H and O–H groups in total. The molecule has 1 aromatic rings. The van der Waals surface area contributed by atoms with Crippen LogP contribution in [0, 0.1) is 6.92 Å². The molecule has 0 spiro atoms. The summed E-state index contributed by atoms with van der Waals surface area (Å²) in [7, 11) is 1.49. The average Bonchev–Trinajstić information content (AvgIpc) is 2.49. The van der Waals surface area contributed by atoms with Crippen LogP contribution in [-0.2, 0) is 9.59 Å². The molecule has 0 aliphatic heterocycles. The molecule has 1 rings (SSSR count). The first-order chi connectivity index (χ1) is 10.8. The van der Waals surface area contributed by atoms with Crippen LogP contribution in [0.2, 0.25) is 5.02 Å². The van der Waals surface area contributed by atoms with Crippen molar-refractivity contribution in [1.82, 2.24) is 4.90 Å². The molecular formula is C16H23ClN2O4. The van der Waals surface area contributed by atoms with E-state index in [1.807, 2.05) is 13.8 Å². The topological polar surface area (TPSA) is 78.9 Å². The standard InChI is InChI=1S/C16H23ClN2O4/c1-5-6-19(9-15(20)21)11(3)16(22)18-13-7-10(2)12(17)8-14(13)23-4/h7-8,11H,5-6,9H2,1-4H3,(H,18,22)(H,20,21). The van der Waals surface area contributed by atoms with E-state index in [1.165, 1.54) is 7.11 Å². The Morgan fingerprint density at radius 1 is 1.43 bits per heavy atom. The average molecular weight is 343 g/mol. The molecule has 6 nitrogen and oxygen atoms in total. The summed E-state index contributed by atoms with van der Waals surface area (Å²) in [6, 6.07) is 2.79. The minimum absolute atomic E-state index is 0.181. The molecule has 1 atom stereocenters. The highest BCUT2D eigenvalue weighted by Gasteiger charge is 2.23. The Bertz CT molecular complexity index is 577. The SMILES string of the molecule is CCCN(CC(=O)O)C(C)C(=O)Nc1cc(C)c(Cl)cc1OC. The smallest absolute Gasteiger partial charge is 0.317 e. The largest absolute Gasteiger partial charge is 0.495 e. The normalized spacial score (nSPS) is 12.1. The van der Waals surface area contributed by atoms with E-state index < -0.39 is 12.0 Å². The zero-order valence-electron chi connectivity index (χ0n) is 13.9. The van der Waals surface area contributed by atoms with Crippen LogP contribution in [0.25, 0.3) is 0 Å². The van der Waals surface area contributed by atoms with Crippen LogP contribution in [0.5, 0.6) is 5.75 Å². The van der Waals surface area contributed by atoms with Crippen molar-refractivity contribution < 1.29 is 19.4 Å². The second kappa shape index (κ2) is 8.74. The lowest BCUT2D eigenvalue weighted by Gasteiger charge is -2.26. The number of methoxy groups -OCH3 is 1. The van der Waals surface area contributed by atoms with Crippen LogP contribution in [-0.4, -0.2) is 48.1 Å². The Kier molecular flexibility index (Phi) is 7.32. The molecule has 0 aliphatic rings. The summed E-state index contributed by atoms with van der Waals surface area (Å²) in [4.78, 5) is 25.0. The molecule has 0 radical (unpaired) electrons. The first-order valence-electron chi connectivity index (χ1n) is 7.41. The maximum atomic E-state index is 12.4. The Labute approximate surface area is 141 Å². The van der Waals surface area contributed by atoms with Crippen LogP contribution in [0.1, 0.15) is 25.8 Å². The van der Waals surface area contributed by atoms with E-state index in [0.717, 1.165) is 12.0 Å². The van der Waals surface area contributed by atoms with Crippen molar-refractivity contribution in [2.75, 3.05) is 25.5 Å². The number of nitrogens with one attached hydrogen (secondary N) is 1. The minimum Gasteiger partial charge on any atom is -0.495 e. The van der Waals surface area contributed by atoms with Gasteiger partial charge in [0.15, 0.2) is 0 Å². The van der Waals surface area contributed by atoms with E-state index >= 15 is 0 Å². The number of carboxylic acid groups (broad SMARTS) is 1. The van der Waals surface area contributed by atoms with Crippen LogP contribution in [0.3, 0.4) is 0 Å². The molecule has 0 saturated heterocycles. The Hall–Kier alpha value is -1.79. The number of benzene rings is 1. The highest BCUT2D eigenvalue weighted by molar-refractivity contribution is 6.31. The van der Waals surface area contributed by atoms with Crippen molar-refractivity contribution in [2.45, 2.75) is 33.2 Å². The molecule has 0 aromatic heterocycles. The van der Waals surface area contributed by atoms with Gasteiger partial charge in [-0.2, -0.15) is 0 Å². The number of aliphatic carboxylic acids is 1. The summed E-state index contributed by atoms with van der Waals surface area (Å²) in [5.41, 5.74) is 1.32. The number of halogens is 1. The first kappa shape index (κ1) is 19.3. The summed E-state index contributed by atoms with van der Waals surface area (Å²) < 4.78 is 5.23. The number of anilines is 1. The van der Waals surface area contributed by atoms with Gasteiger partial charge < -0.3 is 15.2 Å². The Morgan fingerprint density at radius 3 is 2.61 bits per heavy atom. The fourth-order valence-electron chi connectivity index (χ4n) is 2.20. The summed E-state index contributed by atoms with van der Waals surface area (Å²) in [6.07, 6.45) is 0.758. The van der Waals surface area contributed by atoms with Crippen molar-refractivity contribution >= 4 is 29.2 Å². The number of hydrogen-bond donors (Lipinski definition) is 2. The van der Waals surface area contributed by atoms with Crippen LogP contribution >= 0.6 is 11.6 Å². The monoisotopic (exact) mass is 342 g/mol. The molecule has 23 heavy (non-hydrogen) atoms. The maximum Gasteiger partial charge on any atom is 0.317 e. The van der Waals surface area contributed by atoms with Gasteiger partial charge in [0.05, 0.1) is 25.4 Å². The zero-order chi connectivity index (χ0) is 17.6. The van der Waals surface area contributed by atoms with E-state index in [9.17, 15) is 9.59 Å². The molecule has 0 fully saturated rings. The molecular weight excluding hydrogens is 320 g/mol. The molecule has 128 valence electrons. The lowest BCUT2D eigenvalue weighted by atomic mass is 10.2. The second-order valence-electron chi connectivity index (χ2n) is 5.33. The number of aryl methyl sites for hydroxylation is 1. The fraction of sp³-hybridized carbons (Fsp3) is 0.500. The molecule has 0 bridgehead atoms. The summed E-state index contributed by atoms with van der Waals surface area (Å²) in [5.74, 6) is -0.792. The summed E-state index contributed by atoms with van der Waals surface area (Å²) in [5, 5.41) is 12.3. The number of carbonyl (C=O) groups is 2. The number of carbonyl (C=O) groups excluding carboxylic acids is 1. The number of rotatable bonds is 8. The number of ether oxygens (including phenoxy) is 1. The van der Waals surface area contributed by atoms with E-state index in [0.29, 0.717) is 23.0 Å². The van der Waals surface area contributed by atoms with Gasteiger partial charge in [0.2, 0.25) is 5.91 Å². The number of hydrogen-bond acceptors (Lipinski definition) is 4. The summed E-state index contributed by atoms with van der Waals surface area (Å²) in [6.45, 7) is 5.79. The number of amides is 1. The van der Waals surface area contributed by atoms with Crippen molar-refractivity contribution in [3.63, 3.8) is 0 Å². The molecule has 0 saturated carbocycles. The maximum absolute atomic E-state index is 12.4. The van der Waals surface area contributed by atoms with Gasteiger partial charge in [0.1, 0.15) is 5.75 Å². The van der Waals surface area contributed by atoms with Crippen molar-refractivity contribution in [3.05, 3.63) is 22.7 Å². The highest BCUT2D eigenvalue weighted by atomic mass is 35.5. The predicted molar refractivity (Wildman–Crippen MR) is 90.3 cm³/mol. The third-order valence-corrected chi connectivity index (χ3v) is 3.92.